The van der Waals surface area contributed by atoms with Crippen molar-refractivity contribution in [3.8, 4) is 0 Å². The van der Waals surface area contributed by atoms with Gasteiger partial charge in [-0.2, -0.15) is 0 Å². The van der Waals surface area contributed by atoms with Crippen molar-refractivity contribution in [2.75, 3.05) is 7.11 Å². The van der Waals surface area contributed by atoms with Gasteiger partial charge in [-0.1, -0.05) is 0 Å². The van der Waals surface area contributed by atoms with Crippen molar-refractivity contribution < 1.29 is 20.1 Å². The second-order valence-corrected chi connectivity index (χ2v) is 3.92. The van der Waals surface area contributed by atoms with Crippen LogP contribution in [0.5, 0.6) is 0 Å². The van der Waals surface area contributed by atoms with Crippen LogP contribution in [-0.2, 0) is 4.74 Å². The number of aliphatic hydroxyl groups excluding tert-OH is 3. The van der Waals surface area contributed by atoms with Crippen LogP contribution in [0.3, 0.4) is 0 Å². The smallest absolute Gasteiger partial charge is 0.115 e. The number of rotatable bonds is 1. The van der Waals surface area contributed by atoms with E-state index >= 15 is 0 Å². The Morgan fingerprint density at radius 3 is 2.50 bits per heavy atom. The molecule has 0 fully saturated rings. The van der Waals surface area contributed by atoms with Gasteiger partial charge >= 0.3 is 0 Å². The molecule has 4 atom stereocenters. The third-order valence-corrected chi connectivity index (χ3v) is 2.88. The molecule has 0 radical (unpaired) electrons. The first-order chi connectivity index (χ1) is 5.57. The number of hydrogen-bond acceptors (Lipinski definition) is 4. The molecular weight excluding hydrogens is 275 g/mol. The highest BCUT2D eigenvalue weighted by Gasteiger charge is 2.36. The van der Waals surface area contributed by atoms with Crippen LogP contribution < -0.4 is 0 Å². The average Bonchev–Trinajstić information content (AvgIpc) is 2.01. The minimum Gasteiger partial charge on any atom is -0.387 e. The van der Waals surface area contributed by atoms with Crippen molar-refractivity contribution in [2.45, 2.75) is 24.4 Å². The van der Waals surface area contributed by atoms with Crippen LogP contribution in [0.1, 0.15) is 0 Å². The van der Waals surface area contributed by atoms with Crippen LogP contribution in [0.25, 0.3) is 0 Å². The second kappa shape index (κ2) is 4.01. The lowest BCUT2D eigenvalue weighted by Gasteiger charge is -2.32. The van der Waals surface area contributed by atoms with Crippen LogP contribution in [-0.4, -0.2) is 46.8 Å². The Kier molecular flexibility index (Phi) is 3.47. The summed E-state index contributed by atoms with van der Waals surface area (Å²) in [5.74, 6) is 0. The zero-order valence-corrected chi connectivity index (χ0v) is 8.67. The van der Waals surface area contributed by atoms with E-state index in [0.717, 1.165) is 0 Å². The quantitative estimate of drug-likeness (QED) is 0.564. The fraction of sp³-hybridized carbons (Fsp3) is 0.714. The highest BCUT2D eigenvalue weighted by atomic mass is 127. The normalized spacial score (nSPS) is 42.6. The summed E-state index contributed by atoms with van der Waals surface area (Å²) >= 11 is 1.88. The van der Waals surface area contributed by atoms with Crippen molar-refractivity contribution in [1.82, 2.24) is 0 Å². The third-order valence-electron chi connectivity index (χ3n) is 1.88. The Morgan fingerprint density at radius 2 is 2.00 bits per heavy atom. The summed E-state index contributed by atoms with van der Waals surface area (Å²) in [6.45, 7) is 0. The predicted molar refractivity (Wildman–Crippen MR) is 50.9 cm³/mol. The fourth-order valence-electron chi connectivity index (χ4n) is 1.18. The van der Waals surface area contributed by atoms with Gasteiger partial charge in [0.2, 0.25) is 0 Å². The maximum absolute atomic E-state index is 9.40. The van der Waals surface area contributed by atoms with Crippen LogP contribution in [0.15, 0.2) is 9.66 Å². The van der Waals surface area contributed by atoms with Gasteiger partial charge in [-0.25, -0.2) is 0 Å². The van der Waals surface area contributed by atoms with Crippen LogP contribution in [0.2, 0.25) is 0 Å². The van der Waals surface area contributed by atoms with E-state index in [1.54, 1.807) is 0 Å². The van der Waals surface area contributed by atoms with Gasteiger partial charge in [0.25, 0.3) is 0 Å². The van der Waals surface area contributed by atoms with Gasteiger partial charge < -0.3 is 20.1 Å². The summed E-state index contributed by atoms with van der Waals surface area (Å²) in [5, 5.41) is 28.1. The zero-order valence-electron chi connectivity index (χ0n) is 6.51. The summed E-state index contributed by atoms with van der Waals surface area (Å²) < 4.78 is 5.37. The van der Waals surface area contributed by atoms with Gasteiger partial charge in [0, 0.05) is 10.7 Å². The number of halogens is 1. The van der Waals surface area contributed by atoms with Crippen molar-refractivity contribution in [3.63, 3.8) is 0 Å². The van der Waals surface area contributed by atoms with E-state index in [0.29, 0.717) is 3.58 Å². The van der Waals surface area contributed by atoms with E-state index in [1.807, 2.05) is 22.6 Å². The molecule has 3 N–H and O–H groups in total. The molecule has 0 heterocycles. The number of ether oxygens (including phenoxy) is 1. The summed E-state index contributed by atoms with van der Waals surface area (Å²) in [5.41, 5.74) is 0. The van der Waals surface area contributed by atoms with Crippen LogP contribution in [0.4, 0.5) is 0 Å². The lowest BCUT2D eigenvalue weighted by Crippen LogP contribution is -2.48. The molecule has 0 aromatic carbocycles. The molecule has 1 aliphatic carbocycles. The van der Waals surface area contributed by atoms with E-state index in [1.165, 1.54) is 13.2 Å². The standard InChI is InChI=1S/C7H11IO4/c1-12-7-4(9)2-3(8)5(10)6(7)11/h2,4-7,9-11H,1H3/t4-,5-,6-,7-/m1/s1. The van der Waals surface area contributed by atoms with Gasteiger partial charge in [0.15, 0.2) is 0 Å². The Bertz CT molecular complexity index is 194. The summed E-state index contributed by atoms with van der Waals surface area (Å²) in [7, 11) is 1.38. The van der Waals surface area contributed by atoms with Crippen molar-refractivity contribution in [2.24, 2.45) is 0 Å². The molecule has 0 aromatic heterocycles. The molecule has 0 unspecified atom stereocenters. The molecule has 0 spiro atoms. The molecule has 0 aliphatic heterocycles. The van der Waals surface area contributed by atoms with E-state index < -0.39 is 24.4 Å². The maximum atomic E-state index is 9.40. The first-order valence-corrected chi connectivity index (χ1v) is 4.60. The van der Waals surface area contributed by atoms with Crippen molar-refractivity contribution in [3.05, 3.63) is 9.66 Å². The lowest BCUT2D eigenvalue weighted by atomic mass is 9.96. The van der Waals surface area contributed by atoms with Crippen molar-refractivity contribution in [1.29, 1.82) is 0 Å². The minimum absolute atomic E-state index is 0.543. The second-order valence-electron chi connectivity index (χ2n) is 2.68. The van der Waals surface area contributed by atoms with E-state index in [-0.39, 0.29) is 0 Å². The Morgan fingerprint density at radius 1 is 1.42 bits per heavy atom. The van der Waals surface area contributed by atoms with E-state index in [2.05, 4.69) is 0 Å². The third kappa shape index (κ3) is 1.80. The largest absolute Gasteiger partial charge is 0.387 e. The first-order valence-electron chi connectivity index (χ1n) is 3.52. The summed E-state index contributed by atoms with van der Waals surface area (Å²) in [4.78, 5) is 0. The molecular formula is C7H11IO4. The molecule has 4 nitrogen and oxygen atoms in total. The topological polar surface area (TPSA) is 69.9 Å². The molecule has 0 saturated heterocycles. The molecule has 70 valence electrons. The average molecular weight is 286 g/mol. The number of methoxy groups -OCH3 is 1. The molecule has 0 amide bonds. The molecule has 0 bridgehead atoms. The van der Waals surface area contributed by atoms with Gasteiger partial charge in [-0.3, -0.25) is 0 Å². The van der Waals surface area contributed by atoms with E-state index in [4.69, 9.17) is 4.74 Å². The Labute approximate surface area is 84.0 Å². The van der Waals surface area contributed by atoms with Gasteiger partial charge in [-0.05, 0) is 28.7 Å². The number of hydrogen-bond donors (Lipinski definition) is 3. The number of aliphatic hydroxyl groups is 3. The zero-order chi connectivity index (χ0) is 9.30. The highest BCUT2D eigenvalue weighted by Crippen LogP contribution is 2.25. The van der Waals surface area contributed by atoms with Gasteiger partial charge in [-0.15, -0.1) is 0 Å². The molecule has 1 rings (SSSR count). The lowest BCUT2D eigenvalue weighted by molar-refractivity contribution is -0.106. The van der Waals surface area contributed by atoms with Crippen molar-refractivity contribution >= 4 is 22.6 Å². The Hall–Kier alpha value is 0.310. The van der Waals surface area contributed by atoms with Gasteiger partial charge in [0.1, 0.15) is 24.4 Å². The molecule has 12 heavy (non-hydrogen) atoms. The fourth-order valence-corrected chi connectivity index (χ4v) is 1.92. The Balaban J connectivity index is 2.83. The van der Waals surface area contributed by atoms with Crippen LogP contribution in [0, 0.1) is 0 Å². The molecule has 5 heteroatoms. The molecule has 0 saturated carbocycles. The minimum atomic E-state index is -1.05. The SMILES string of the molecule is CO[C@H]1[C@H](O)[C@H](O)C(I)=C[C@H]1O. The van der Waals surface area contributed by atoms with Crippen LogP contribution >= 0.6 is 22.6 Å². The predicted octanol–water partition coefficient (Wildman–Crippen LogP) is -0.583. The molecule has 1 aliphatic rings. The molecule has 0 aromatic rings. The van der Waals surface area contributed by atoms with E-state index in [9.17, 15) is 15.3 Å². The maximum Gasteiger partial charge on any atom is 0.115 e. The van der Waals surface area contributed by atoms with Gasteiger partial charge in [0.05, 0.1) is 0 Å². The summed E-state index contributed by atoms with van der Waals surface area (Å²) in [6, 6.07) is 0. The summed E-state index contributed by atoms with van der Waals surface area (Å²) in [6.07, 6.45) is -2.11. The first kappa shape index (κ1) is 10.4. The highest BCUT2D eigenvalue weighted by molar-refractivity contribution is 14.1. The monoisotopic (exact) mass is 286 g/mol.